The van der Waals surface area contributed by atoms with Crippen LogP contribution in [0.25, 0.3) is 0 Å². The molecule has 0 spiro atoms. The SMILES string of the molecule is O=C(O)N1CCN(C(=O)C2CCOCC2)CC1. The first-order valence-electron chi connectivity index (χ1n) is 6.03. The molecule has 17 heavy (non-hydrogen) atoms. The van der Waals surface area contributed by atoms with E-state index >= 15 is 0 Å². The van der Waals surface area contributed by atoms with Crippen LogP contribution in [0.2, 0.25) is 0 Å². The molecule has 2 amide bonds. The number of rotatable bonds is 1. The van der Waals surface area contributed by atoms with E-state index in [0.717, 1.165) is 12.8 Å². The van der Waals surface area contributed by atoms with E-state index in [-0.39, 0.29) is 11.8 Å². The Kier molecular flexibility index (Phi) is 3.83. The highest BCUT2D eigenvalue weighted by atomic mass is 16.5. The molecule has 2 aliphatic rings. The van der Waals surface area contributed by atoms with Gasteiger partial charge in [-0.3, -0.25) is 4.79 Å². The van der Waals surface area contributed by atoms with Crippen molar-refractivity contribution in [3.8, 4) is 0 Å². The quantitative estimate of drug-likeness (QED) is 0.715. The summed E-state index contributed by atoms with van der Waals surface area (Å²) in [5, 5.41) is 8.82. The van der Waals surface area contributed by atoms with E-state index in [2.05, 4.69) is 0 Å². The van der Waals surface area contributed by atoms with E-state index in [1.54, 1.807) is 4.90 Å². The monoisotopic (exact) mass is 242 g/mol. The predicted octanol–water partition coefficient (Wildman–Crippen LogP) is 0.235. The van der Waals surface area contributed by atoms with Gasteiger partial charge in [0.1, 0.15) is 0 Å². The summed E-state index contributed by atoms with van der Waals surface area (Å²) < 4.78 is 5.23. The predicted molar refractivity (Wildman–Crippen MR) is 59.7 cm³/mol. The van der Waals surface area contributed by atoms with E-state index < -0.39 is 6.09 Å². The van der Waals surface area contributed by atoms with E-state index in [4.69, 9.17) is 9.84 Å². The minimum atomic E-state index is -0.900. The number of nitrogens with zero attached hydrogens (tertiary/aromatic N) is 2. The van der Waals surface area contributed by atoms with Gasteiger partial charge in [-0.15, -0.1) is 0 Å². The molecule has 0 aromatic carbocycles. The lowest BCUT2D eigenvalue weighted by atomic mass is 9.98. The number of amides is 2. The van der Waals surface area contributed by atoms with Gasteiger partial charge in [0.25, 0.3) is 0 Å². The van der Waals surface area contributed by atoms with Crippen molar-refractivity contribution in [3.63, 3.8) is 0 Å². The Labute approximate surface area is 100 Å². The summed E-state index contributed by atoms with van der Waals surface area (Å²) in [5.74, 6) is 0.235. The van der Waals surface area contributed by atoms with Crippen molar-refractivity contribution in [2.75, 3.05) is 39.4 Å². The molecule has 0 aliphatic carbocycles. The van der Waals surface area contributed by atoms with Crippen LogP contribution in [0.3, 0.4) is 0 Å². The summed E-state index contributed by atoms with van der Waals surface area (Å²) >= 11 is 0. The third-order valence-electron chi connectivity index (χ3n) is 3.43. The topological polar surface area (TPSA) is 70.1 Å². The first-order chi connectivity index (χ1) is 8.18. The Morgan fingerprint density at radius 1 is 1.00 bits per heavy atom. The van der Waals surface area contributed by atoms with E-state index in [9.17, 15) is 9.59 Å². The lowest BCUT2D eigenvalue weighted by Crippen LogP contribution is -2.52. The van der Waals surface area contributed by atoms with Crippen molar-refractivity contribution >= 4 is 12.0 Å². The van der Waals surface area contributed by atoms with Gasteiger partial charge in [-0.25, -0.2) is 4.79 Å². The molecule has 0 radical (unpaired) electrons. The van der Waals surface area contributed by atoms with Crippen molar-refractivity contribution in [2.45, 2.75) is 12.8 Å². The van der Waals surface area contributed by atoms with Gasteiger partial charge in [-0.2, -0.15) is 0 Å². The van der Waals surface area contributed by atoms with Crippen LogP contribution >= 0.6 is 0 Å². The van der Waals surface area contributed by atoms with Crippen LogP contribution in [-0.4, -0.2) is 66.3 Å². The van der Waals surface area contributed by atoms with Crippen molar-refractivity contribution < 1.29 is 19.4 Å². The van der Waals surface area contributed by atoms with Crippen LogP contribution in [0.1, 0.15) is 12.8 Å². The molecule has 2 aliphatic heterocycles. The summed E-state index contributed by atoms with van der Waals surface area (Å²) in [6.07, 6.45) is 0.679. The molecule has 6 heteroatoms. The van der Waals surface area contributed by atoms with Crippen molar-refractivity contribution in [3.05, 3.63) is 0 Å². The normalized spacial score (nSPS) is 22.6. The molecular formula is C11H18N2O4. The molecule has 1 N–H and O–H groups in total. The van der Waals surface area contributed by atoms with Crippen LogP contribution in [0, 0.1) is 5.92 Å². The number of carbonyl (C=O) groups is 2. The molecule has 0 atom stereocenters. The minimum absolute atomic E-state index is 0.0696. The van der Waals surface area contributed by atoms with Gasteiger partial charge in [0, 0.05) is 45.3 Å². The largest absolute Gasteiger partial charge is 0.465 e. The van der Waals surface area contributed by atoms with E-state index in [0.29, 0.717) is 39.4 Å². The second-order valence-electron chi connectivity index (χ2n) is 4.48. The summed E-state index contributed by atoms with van der Waals surface area (Å²) in [6, 6.07) is 0. The molecule has 6 nitrogen and oxygen atoms in total. The van der Waals surface area contributed by atoms with E-state index in [1.807, 2.05) is 0 Å². The van der Waals surface area contributed by atoms with Crippen LogP contribution in [0.5, 0.6) is 0 Å². The summed E-state index contributed by atoms with van der Waals surface area (Å²) in [5.41, 5.74) is 0. The van der Waals surface area contributed by atoms with Crippen molar-refractivity contribution in [2.24, 2.45) is 5.92 Å². The number of hydrogen-bond acceptors (Lipinski definition) is 3. The van der Waals surface area contributed by atoms with Crippen LogP contribution in [-0.2, 0) is 9.53 Å². The average molecular weight is 242 g/mol. The van der Waals surface area contributed by atoms with Gasteiger partial charge in [-0.1, -0.05) is 0 Å². The number of hydrogen-bond donors (Lipinski definition) is 1. The van der Waals surface area contributed by atoms with Gasteiger partial charge in [0.15, 0.2) is 0 Å². The van der Waals surface area contributed by atoms with Crippen molar-refractivity contribution in [1.29, 1.82) is 0 Å². The Balaban J connectivity index is 1.83. The molecule has 0 unspecified atom stereocenters. The molecular weight excluding hydrogens is 224 g/mol. The zero-order chi connectivity index (χ0) is 12.3. The lowest BCUT2D eigenvalue weighted by Gasteiger charge is -2.35. The van der Waals surface area contributed by atoms with Gasteiger partial charge >= 0.3 is 6.09 Å². The number of ether oxygens (including phenoxy) is 1. The molecule has 2 rings (SSSR count). The van der Waals surface area contributed by atoms with Crippen LogP contribution in [0.4, 0.5) is 4.79 Å². The maximum absolute atomic E-state index is 12.1. The second-order valence-corrected chi connectivity index (χ2v) is 4.48. The number of carbonyl (C=O) groups excluding carboxylic acids is 1. The average Bonchev–Trinajstić information content (AvgIpc) is 2.39. The zero-order valence-corrected chi connectivity index (χ0v) is 9.80. The van der Waals surface area contributed by atoms with Gasteiger partial charge < -0.3 is 19.6 Å². The molecule has 2 fully saturated rings. The highest BCUT2D eigenvalue weighted by molar-refractivity contribution is 5.79. The first-order valence-corrected chi connectivity index (χ1v) is 6.03. The highest BCUT2D eigenvalue weighted by Gasteiger charge is 2.29. The van der Waals surface area contributed by atoms with Crippen molar-refractivity contribution in [1.82, 2.24) is 9.80 Å². The molecule has 0 aromatic rings. The fourth-order valence-electron chi connectivity index (χ4n) is 2.32. The molecule has 2 saturated heterocycles. The fraction of sp³-hybridized carbons (Fsp3) is 0.818. The van der Waals surface area contributed by atoms with Crippen LogP contribution in [0.15, 0.2) is 0 Å². The standard InChI is InChI=1S/C11H18N2O4/c14-10(9-1-7-17-8-2-9)12-3-5-13(6-4-12)11(15)16/h9H,1-8H2,(H,15,16). The Morgan fingerprint density at radius 2 is 1.53 bits per heavy atom. The molecule has 0 aromatic heterocycles. The Morgan fingerprint density at radius 3 is 2.06 bits per heavy atom. The maximum atomic E-state index is 12.1. The van der Waals surface area contributed by atoms with Gasteiger partial charge in [0.2, 0.25) is 5.91 Å². The minimum Gasteiger partial charge on any atom is -0.465 e. The van der Waals surface area contributed by atoms with E-state index in [1.165, 1.54) is 4.90 Å². The third kappa shape index (κ3) is 2.88. The second kappa shape index (κ2) is 5.35. The fourth-order valence-corrected chi connectivity index (χ4v) is 2.32. The third-order valence-corrected chi connectivity index (χ3v) is 3.43. The molecule has 2 heterocycles. The molecule has 96 valence electrons. The lowest BCUT2D eigenvalue weighted by molar-refractivity contribution is -0.140. The number of piperazine rings is 1. The summed E-state index contributed by atoms with van der Waals surface area (Å²) in [4.78, 5) is 26.0. The van der Waals surface area contributed by atoms with Gasteiger partial charge in [0.05, 0.1) is 0 Å². The highest BCUT2D eigenvalue weighted by Crippen LogP contribution is 2.18. The first kappa shape index (κ1) is 12.2. The molecule has 0 saturated carbocycles. The molecule has 0 bridgehead atoms. The Bertz CT molecular complexity index is 294. The summed E-state index contributed by atoms with van der Waals surface area (Å²) in [7, 11) is 0. The van der Waals surface area contributed by atoms with Crippen LogP contribution < -0.4 is 0 Å². The maximum Gasteiger partial charge on any atom is 0.407 e. The Hall–Kier alpha value is -1.30. The number of carboxylic acid groups (broad SMARTS) is 1. The summed E-state index contributed by atoms with van der Waals surface area (Å²) in [6.45, 7) is 3.19. The smallest absolute Gasteiger partial charge is 0.407 e. The zero-order valence-electron chi connectivity index (χ0n) is 9.80. The van der Waals surface area contributed by atoms with Gasteiger partial charge in [-0.05, 0) is 12.8 Å².